The molecule has 1 amide bonds. The molecule has 21 heavy (non-hydrogen) atoms. The van der Waals surface area contributed by atoms with Gasteiger partial charge in [-0.05, 0) is 32.4 Å². The van der Waals surface area contributed by atoms with Crippen molar-refractivity contribution >= 4 is 17.7 Å². The van der Waals surface area contributed by atoms with E-state index in [1.807, 2.05) is 6.92 Å². The van der Waals surface area contributed by atoms with Crippen molar-refractivity contribution in [1.29, 1.82) is 0 Å². The maximum atomic E-state index is 12.1. The van der Waals surface area contributed by atoms with Crippen LogP contribution < -0.4 is 5.32 Å². The van der Waals surface area contributed by atoms with Crippen molar-refractivity contribution in [2.24, 2.45) is 0 Å². The molecule has 0 saturated carbocycles. The second-order valence-corrected chi connectivity index (χ2v) is 6.00. The van der Waals surface area contributed by atoms with E-state index in [1.54, 1.807) is 18.7 Å². The van der Waals surface area contributed by atoms with Gasteiger partial charge in [-0.3, -0.25) is 4.79 Å². The van der Waals surface area contributed by atoms with E-state index >= 15 is 0 Å². The van der Waals surface area contributed by atoms with Gasteiger partial charge in [0, 0.05) is 17.2 Å². The predicted octanol–water partition coefficient (Wildman–Crippen LogP) is 3.38. The largest absolute Gasteiger partial charge is 0.361 e. The third kappa shape index (κ3) is 4.11. The highest BCUT2D eigenvalue weighted by Gasteiger charge is 2.18. The average Bonchev–Trinajstić information content (AvgIpc) is 2.86. The summed E-state index contributed by atoms with van der Waals surface area (Å²) in [4.78, 5) is 13.4. The van der Waals surface area contributed by atoms with E-state index in [0.717, 1.165) is 11.4 Å². The van der Waals surface area contributed by atoms with Crippen LogP contribution in [0.4, 0.5) is 0 Å². The zero-order valence-corrected chi connectivity index (χ0v) is 13.4. The normalized spacial score (nSPS) is 10.6. The number of hydrogen-bond donors (Lipinski definition) is 1. The molecule has 1 N–H and O–H groups in total. The fraction of sp³-hybridized carbons (Fsp3) is 0.375. The van der Waals surface area contributed by atoms with Gasteiger partial charge < -0.3 is 9.84 Å². The van der Waals surface area contributed by atoms with Gasteiger partial charge in [0.2, 0.25) is 0 Å². The molecule has 2 rings (SSSR count). The van der Waals surface area contributed by atoms with Gasteiger partial charge in [-0.1, -0.05) is 29.8 Å². The molecule has 0 bridgehead atoms. The predicted molar refractivity (Wildman–Crippen MR) is 84.9 cm³/mol. The number of rotatable bonds is 6. The second-order valence-electron chi connectivity index (χ2n) is 4.83. The average molecular weight is 304 g/mol. The molecule has 112 valence electrons. The Kier molecular flexibility index (Phi) is 5.44. The molecular formula is C16H20N2O2S. The molecule has 0 aliphatic heterocycles. The standard InChI is InChI=1S/C16H20N2O2S/c1-4-14-15(12(3)20-18-14)16(19)17-9-10-21-13-7-5-11(2)6-8-13/h5-8H,4,9-10H2,1-3H3,(H,17,19). The summed E-state index contributed by atoms with van der Waals surface area (Å²) in [6.45, 7) is 6.41. The second kappa shape index (κ2) is 7.31. The summed E-state index contributed by atoms with van der Waals surface area (Å²) in [5.41, 5.74) is 2.55. The van der Waals surface area contributed by atoms with Gasteiger partial charge in [-0.25, -0.2) is 0 Å². The number of nitrogens with zero attached hydrogens (tertiary/aromatic N) is 1. The Morgan fingerprint density at radius 1 is 1.29 bits per heavy atom. The lowest BCUT2D eigenvalue weighted by molar-refractivity contribution is 0.0954. The third-order valence-electron chi connectivity index (χ3n) is 3.17. The van der Waals surface area contributed by atoms with Crippen molar-refractivity contribution in [3.8, 4) is 0 Å². The molecule has 0 spiro atoms. The Hall–Kier alpha value is -1.75. The Bertz CT molecular complexity index is 605. The van der Waals surface area contributed by atoms with Gasteiger partial charge in [-0.15, -0.1) is 11.8 Å². The molecule has 1 aromatic carbocycles. The van der Waals surface area contributed by atoms with Crippen molar-refractivity contribution in [3.05, 3.63) is 46.8 Å². The number of carbonyl (C=O) groups excluding carboxylic acids is 1. The number of hydrogen-bond acceptors (Lipinski definition) is 4. The van der Waals surface area contributed by atoms with Crippen molar-refractivity contribution in [1.82, 2.24) is 10.5 Å². The van der Waals surface area contributed by atoms with Crippen molar-refractivity contribution in [2.75, 3.05) is 12.3 Å². The molecule has 0 aliphatic carbocycles. The molecule has 0 fully saturated rings. The topological polar surface area (TPSA) is 55.1 Å². The summed E-state index contributed by atoms with van der Waals surface area (Å²) in [5, 5.41) is 6.82. The first-order valence-electron chi connectivity index (χ1n) is 7.04. The van der Waals surface area contributed by atoms with E-state index < -0.39 is 0 Å². The molecule has 4 nitrogen and oxygen atoms in total. The SMILES string of the molecule is CCc1noc(C)c1C(=O)NCCSc1ccc(C)cc1. The number of aromatic nitrogens is 1. The minimum absolute atomic E-state index is 0.102. The number of thioether (sulfide) groups is 1. The zero-order valence-electron chi connectivity index (χ0n) is 12.6. The van der Waals surface area contributed by atoms with E-state index in [-0.39, 0.29) is 5.91 Å². The molecule has 0 atom stereocenters. The maximum absolute atomic E-state index is 12.1. The summed E-state index contributed by atoms with van der Waals surface area (Å²) < 4.78 is 5.08. The van der Waals surface area contributed by atoms with Crippen LogP contribution in [0.1, 0.15) is 34.3 Å². The number of amides is 1. The molecule has 0 saturated heterocycles. The van der Waals surface area contributed by atoms with Crippen LogP contribution in [-0.4, -0.2) is 23.4 Å². The first kappa shape index (κ1) is 15.6. The van der Waals surface area contributed by atoms with Gasteiger partial charge in [0.05, 0.1) is 5.69 Å². The lowest BCUT2D eigenvalue weighted by atomic mass is 10.1. The third-order valence-corrected chi connectivity index (χ3v) is 4.19. The molecular weight excluding hydrogens is 284 g/mol. The lowest BCUT2D eigenvalue weighted by Crippen LogP contribution is -2.26. The van der Waals surface area contributed by atoms with E-state index in [0.29, 0.717) is 24.3 Å². The quantitative estimate of drug-likeness (QED) is 0.656. The molecule has 2 aromatic rings. The number of benzene rings is 1. The van der Waals surface area contributed by atoms with Crippen LogP contribution in [0.3, 0.4) is 0 Å². The minimum atomic E-state index is -0.102. The number of carbonyl (C=O) groups is 1. The van der Waals surface area contributed by atoms with Crippen LogP contribution in [0.5, 0.6) is 0 Å². The van der Waals surface area contributed by atoms with Crippen LogP contribution in [-0.2, 0) is 6.42 Å². The van der Waals surface area contributed by atoms with Crippen LogP contribution >= 0.6 is 11.8 Å². The number of aryl methyl sites for hydroxylation is 3. The van der Waals surface area contributed by atoms with Crippen LogP contribution in [0.2, 0.25) is 0 Å². The summed E-state index contributed by atoms with van der Waals surface area (Å²) >= 11 is 1.73. The Balaban J connectivity index is 1.82. The summed E-state index contributed by atoms with van der Waals surface area (Å²) in [6, 6.07) is 8.38. The fourth-order valence-electron chi connectivity index (χ4n) is 2.01. The van der Waals surface area contributed by atoms with Crippen molar-refractivity contribution in [3.63, 3.8) is 0 Å². The first-order chi connectivity index (χ1) is 10.1. The fourth-order valence-corrected chi connectivity index (χ4v) is 2.77. The molecule has 1 heterocycles. The summed E-state index contributed by atoms with van der Waals surface area (Å²) in [5.74, 6) is 1.31. The minimum Gasteiger partial charge on any atom is -0.361 e. The van der Waals surface area contributed by atoms with E-state index in [9.17, 15) is 4.79 Å². The zero-order chi connectivity index (χ0) is 15.2. The van der Waals surface area contributed by atoms with Gasteiger partial charge in [0.25, 0.3) is 5.91 Å². The Morgan fingerprint density at radius 3 is 2.67 bits per heavy atom. The molecule has 0 radical (unpaired) electrons. The van der Waals surface area contributed by atoms with E-state index in [1.165, 1.54) is 10.5 Å². The Morgan fingerprint density at radius 2 is 2.00 bits per heavy atom. The van der Waals surface area contributed by atoms with Gasteiger partial charge in [-0.2, -0.15) is 0 Å². The van der Waals surface area contributed by atoms with Crippen LogP contribution in [0.15, 0.2) is 33.7 Å². The van der Waals surface area contributed by atoms with Crippen molar-refractivity contribution in [2.45, 2.75) is 32.1 Å². The highest BCUT2D eigenvalue weighted by atomic mass is 32.2. The van der Waals surface area contributed by atoms with Crippen LogP contribution in [0.25, 0.3) is 0 Å². The lowest BCUT2D eigenvalue weighted by Gasteiger charge is -2.05. The highest BCUT2D eigenvalue weighted by molar-refractivity contribution is 7.99. The molecule has 1 aromatic heterocycles. The van der Waals surface area contributed by atoms with E-state index in [4.69, 9.17) is 4.52 Å². The van der Waals surface area contributed by atoms with Gasteiger partial charge in [0.15, 0.2) is 0 Å². The van der Waals surface area contributed by atoms with E-state index in [2.05, 4.69) is 41.7 Å². The van der Waals surface area contributed by atoms with Gasteiger partial charge >= 0.3 is 0 Å². The first-order valence-corrected chi connectivity index (χ1v) is 8.03. The van der Waals surface area contributed by atoms with Gasteiger partial charge in [0.1, 0.15) is 11.3 Å². The monoisotopic (exact) mass is 304 g/mol. The Labute approximate surface area is 129 Å². The summed E-state index contributed by atoms with van der Waals surface area (Å²) in [7, 11) is 0. The highest BCUT2D eigenvalue weighted by Crippen LogP contribution is 2.18. The van der Waals surface area contributed by atoms with Crippen molar-refractivity contribution < 1.29 is 9.32 Å². The molecule has 0 unspecified atom stereocenters. The maximum Gasteiger partial charge on any atom is 0.256 e. The van der Waals surface area contributed by atoms with Crippen LogP contribution in [0, 0.1) is 13.8 Å². The smallest absolute Gasteiger partial charge is 0.256 e. The summed E-state index contributed by atoms with van der Waals surface area (Å²) in [6.07, 6.45) is 0.693. The molecule has 0 aliphatic rings. The number of nitrogens with one attached hydrogen (secondary N) is 1. The molecule has 5 heteroatoms.